The van der Waals surface area contributed by atoms with Gasteiger partial charge in [-0.25, -0.2) is 4.39 Å². The number of anilines is 1. The second kappa shape index (κ2) is 4.77. The summed E-state index contributed by atoms with van der Waals surface area (Å²) in [6.45, 7) is 1.86. The van der Waals surface area contributed by atoms with E-state index in [0.29, 0.717) is 23.0 Å². The number of aromatic nitrogens is 2. The molecule has 0 aliphatic rings. The molecule has 3 aromatic rings. The van der Waals surface area contributed by atoms with Crippen LogP contribution in [-0.4, -0.2) is 10.1 Å². The molecular weight excluding hydrogens is 257 g/mol. The molecule has 4 nitrogen and oxygen atoms in total. The van der Waals surface area contributed by atoms with Gasteiger partial charge < -0.3 is 10.3 Å². The smallest absolute Gasteiger partial charge is 0.258 e. The molecule has 20 heavy (non-hydrogen) atoms. The molecule has 1 aromatic heterocycles. The monoisotopic (exact) mass is 269 g/mol. The van der Waals surface area contributed by atoms with E-state index in [0.717, 1.165) is 11.1 Å². The molecule has 0 atom stereocenters. The minimum Gasteiger partial charge on any atom is -0.399 e. The van der Waals surface area contributed by atoms with Crippen LogP contribution in [0.2, 0.25) is 0 Å². The normalized spacial score (nSPS) is 10.7. The maximum Gasteiger partial charge on any atom is 0.258 e. The van der Waals surface area contributed by atoms with Gasteiger partial charge in [0.2, 0.25) is 5.82 Å². The highest BCUT2D eigenvalue weighted by Crippen LogP contribution is 2.25. The average Bonchev–Trinajstić information content (AvgIpc) is 2.92. The lowest BCUT2D eigenvalue weighted by Crippen LogP contribution is -1.87. The highest BCUT2D eigenvalue weighted by Gasteiger charge is 2.13. The molecule has 0 unspecified atom stereocenters. The maximum absolute atomic E-state index is 13.3. The van der Waals surface area contributed by atoms with Gasteiger partial charge in [-0.2, -0.15) is 4.98 Å². The van der Waals surface area contributed by atoms with E-state index in [2.05, 4.69) is 10.1 Å². The predicted octanol–water partition coefficient (Wildman–Crippen LogP) is 3.43. The summed E-state index contributed by atoms with van der Waals surface area (Å²) in [6, 6.07) is 11.6. The van der Waals surface area contributed by atoms with E-state index < -0.39 is 0 Å². The zero-order valence-electron chi connectivity index (χ0n) is 10.8. The van der Waals surface area contributed by atoms with Gasteiger partial charge in [-0.15, -0.1) is 0 Å². The van der Waals surface area contributed by atoms with Gasteiger partial charge >= 0.3 is 0 Å². The predicted molar refractivity (Wildman–Crippen MR) is 74.3 cm³/mol. The van der Waals surface area contributed by atoms with Crippen molar-refractivity contribution >= 4 is 5.69 Å². The lowest BCUT2D eigenvalue weighted by molar-refractivity contribution is 0.432. The van der Waals surface area contributed by atoms with E-state index >= 15 is 0 Å². The average molecular weight is 269 g/mol. The Balaban J connectivity index is 2.01. The van der Waals surface area contributed by atoms with Crippen LogP contribution in [0.15, 0.2) is 47.0 Å². The van der Waals surface area contributed by atoms with E-state index in [1.54, 1.807) is 18.2 Å². The molecule has 0 radical (unpaired) electrons. The molecule has 100 valence electrons. The van der Waals surface area contributed by atoms with Crippen LogP contribution >= 0.6 is 0 Å². The van der Waals surface area contributed by atoms with Crippen molar-refractivity contribution in [2.24, 2.45) is 0 Å². The number of benzene rings is 2. The molecular formula is C15H12FN3O. The molecule has 1 heterocycles. The van der Waals surface area contributed by atoms with Gasteiger partial charge in [0.05, 0.1) is 0 Å². The van der Waals surface area contributed by atoms with Crippen LogP contribution < -0.4 is 5.73 Å². The van der Waals surface area contributed by atoms with E-state index in [-0.39, 0.29) is 5.82 Å². The fourth-order valence-electron chi connectivity index (χ4n) is 1.91. The van der Waals surface area contributed by atoms with Crippen LogP contribution in [0.5, 0.6) is 0 Å². The van der Waals surface area contributed by atoms with Crippen molar-refractivity contribution in [3.63, 3.8) is 0 Å². The molecule has 0 aliphatic carbocycles. The Labute approximate surface area is 115 Å². The Kier molecular flexibility index (Phi) is 2.95. The third-order valence-electron chi connectivity index (χ3n) is 3.02. The third kappa shape index (κ3) is 2.25. The van der Waals surface area contributed by atoms with E-state index in [4.69, 9.17) is 10.3 Å². The minimum atomic E-state index is -0.335. The molecule has 2 aromatic carbocycles. The Morgan fingerprint density at radius 2 is 1.85 bits per heavy atom. The summed E-state index contributed by atoms with van der Waals surface area (Å²) < 4.78 is 18.5. The first-order chi connectivity index (χ1) is 9.63. The van der Waals surface area contributed by atoms with Crippen molar-refractivity contribution in [2.75, 3.05) is 5.73 Å². The zero-order valence-corrected chi connectivity index (χ0v) is 10.8. The van der Waals surface area contributed by atoms with Crippen molar-refractivity contribution < 1.29 is 8.91 Å². The Morgan fingerprint density at radius 3 is 2.60 bits per heavy atom. The van der Waals surface area contributed by atoms with Crippen LogP contribution in [0.25, 0.3) is 22.8 Å². The van der Waals surface area contributed by atoms with E-state index in [1.165, 1.54) is 12.1 Å². The first kappa shape index (κ1) is 12.3. The van der Waals surface area contributed by atoms with E-state index in [9.17, 15) is 4.39 Å². The molecule has 3 rings (SSSR count). The Bertz CT molecular complexity index is 750. The maximum atomic E-state index is 13.3. The van der Waals surface area contributed by atoms with Gasteiger partial charge in [-0.05, 0) is 48.9 Å². The quantitative estimate of drug-likeness (QED) is 0.724. The van der Waals surface area contributed by atoms with Crippen molar-refractivity contribution in [1.29, 1.82) is 0 Å². The molecule has 0 bridgehead atoms. The molecule has 2 N–H and O–H groups in total. The van der Waals surface area contributed by atoms with Crippen molar-refractivity contribution in [3.05, 3.63) is 53.8 Å². The summed E-state index contributed by atoms with van der Waals surface area (Å²) in [5.41, 5.74) is 8.56. The van der Waals surface area contributed by atoms with Gasteiger partial charge in [0, 0.05) is 16.8 Å². The second-order valence-electron chi connectivity index (χ2n) is 4.50. The third-order valence-corrected chi connectivity index (χ3v) is 3.02. The number of nitrogens with zero attached hydrogens (tertiary/aromatic N) is 2. The standard InChI is InChI=1S/C15H12FN3O/c1-9-2-5-11(16)8-13(9)15-18-14(19-20-15)10-3-6-12(17)7-4-10/h2-8H,17H2,1H3. The SMILES string of the molecule is Cc1ccc(F)cc1-c1nc(-c2ccc(N)cc2)no1. The molecule has 0 spiro atoms. The summed E-state index contributed by atoms with van der Waals surface area (Å²) in [5.74, 6) is 0.412. The van der Waals surface area contributed by atoms with Gasteiger partial charge in [0.25, 0.3) is 5.89 Å². The topological polar surface area (TPSA) is 64.9 Å². The number of rotatable bonds is 2. The zero-order chi connectivity index (χ0) is 14.1. The van der Waals surface area contributed by atoms with Crippen LogP contribution in [0.4, 0.5) is 10.1 Å². The number of hydrogen-bond acceptors (Lipinski definition) is 4. The molecule has 0 aliphatic heterocycles. The van der Waals surface area contributed by atoms with E-state index in [1.807, 2.05) is 19.1 Å². The number of aryl methyl sites for hydroxylation is 1. The van der Waals surface area contributed by atoms with Gasteiger partial charge in [0.15, 0.2) is 0 Å². The van der Waals surface area contributed by atoms with Crippen molar-refractivity contribution in [2.45, 2.75) is 6.92 Å². The van der Waals surface area contributed by atoms with Gasteiger partial charge in [-0.3, -0.25) is 0 Å². The summed E-state index contributed by atoms with van der Waals surface area (Å²) in [7, 11) is 0. The summed E-state index contributed by atoms with van der Waals surface area (Å²) in [4.78, 5) is 4.30. The van der Waals surface area contributed by atoms with Gasteiger partial charge in [-0.1, -0.05) is 11.2 Å². The van der Waals surface area contributed by atoms with Crippen molar-refractivity contribution in [1.82, 2.24) is 10.1 Å². The molecule has 0 saturated heterocycles. The number of hydrogen-bond donors (Lipinski definition) is 1. The Morgan fingerprint density at radius 1 is 1.10 bits per heavy atom. The highest BCUT2D eigenvalue weighted by atomic mass is 19.1. The minimum absolute atomic E-state index is 0.300. The lowest BCUT2D eigenvalue weighted by atomic mass is 10.1. The molecule has 5 heteroatoms. The molecule has 0 amide bonds. The van der Waals surface area contributed by atoms with Crippen LogP contribution in [0.3, 0.4) is 0 Å². The second-order valence-corrected chi connectivity index (χ2v) is 4.50. The summed E-state index contributed by atoms with van der Waals surface area (Å²) in [5, 5.41) is 3.91. The molecule has 0 saturated carbocycles. The number of halogens is 1. The van der Waals surface area contributed by atoms with Crippen molar-refractivity contribution in [3.8, 4) is 22.8 Å². The highest BCUT2D eigenvalue weighted by molar-refractivity contribution is 5.63. The number of nitrogen functional groups attached to an aromatic ring is 1. The fourth-order valence-corrected chi connectivity index (χ4v) is 1.91. The van der Waals surface area contributed by atoms with Crippen LogP contribution in [0.1, 0.15) is 5.56 Å². The number of nitrogens with two attached hydrogens (primary N) is 1. The largest absolute Gasteiger partial charge is 0.399 e. The molecule has 0 fully saturated rings. The lowest BCUT2D eigenvalue weighted by Gasteiger charge is -1.99. The summed E-state index contributed by atoms with van der Waals surface area (Å²) in [6.07, 6.45) is 0. The fraction of sp³-hybridized carbons (Fsp3) is 0.0667. The Hall–Kier alpha value is -2.69. The van der Waals surface area contributed by atoms with Gasteiger partial charge in [0.1, 0.15) is 5.82 Å². The van der Waals surface area contributed by atoms with Crippen LogP contribution in [0, 0.1) is 12.7 Å². The van der Waals surface area contributed by atoms with Crippen LogP contribution in [-0.2, 0) is 0 Å². The first-order valence-corrected chi connectivity index (χ1v) is 6.09. The first-order valence-electron chi connectivity index (χ1n) is 6.09. The summed E-state index contributed by atoms with van der Waals surface area (Å²) >= 11 is 0.